The molecule has 1 heterocycles. The number of carbonyl (C=O) groups excluding carboxylic acids is 1. The lowest BCUT2D eigenvalue weighted by Crippen LogP contribution is -2.40. The van der Waals surface area contributed by atoms with Crippen LogP contribution in [-0.2, 0) is 9.53 Å². The van der Waals surface area contributed by atoms with Crippen LogP contribution >= 0.6 is 11.6 Å². The highest BCUT2D eigenvalue weighted by atomic mass is 35.5. The van der Waals surface area contributed by atoms with E-state index in [2.05, 4.69) is 6.58 Å². The monoisotopic (exact) mass is 203 g/mol. The number of hydrogen-bond donors (Lipinski definition) is 0. The number of rotatable bonds is 2. The molecular weight excluding hydrogens is 190 g/mol. The van der Waals surface area contributed by atoms with Gasteiger partial charge < -0.3 is 9.64 Å². The summed E-state index contributed by atoms with van der Waals surface area (Å²) in [6, 6.07) is 0. The predicted molar refractivity (Wildman–Crippen MR) is 51.6 cm³/mol. The van der Waals surface area contributed by atoms with Crippen LogP contribution in [0.1, 0.15) is 12.8 Å². The molecule has 0 N–H and O–H groups in total. The van der Waals surface area contributed by atoms with Gasteiger partial charge in [-0.2, -0.15) is 0 Å². The molecule has 0 atom stereocenters. The number of nitrogens with zero attached hydrogens (tertiary/aromatic N) is 1. The first kappa shape index (κ1) is 10.5. The van der Waals surface area contributed by atoms with Crippen LogP contribution in [0.5, 0.6) is 0 Å². The minimum absolute atomic E-state index is 0.0934. The molecule has 0 aromatic carbocycles. The van der Waals surface area contributed by atoms with Crippen LogP contribution in [0.2, 0.25) is 0 Å². The standard InChI is InChI=1S/C9H14ClNO2/c1-7(10)9(12)11-5-3-8(13-2)4-6-11/h8H,1,3-6H2,2H3. The molecule has 0 aliphatic carbocycles. The first-order chi connectivity index (χ1) is 6.15. The van der Waals surface area contributed by atoms with Crippen LogP contribution in [0, 0.1) is 0 Å². The zero-order valence-electron chi connectivity index (χ0n) is 7.75. The molecule has 1 saturated heterocycles. The van der Waals surface area contributed by atoms with Crippen LogP contribution in [0.15, 0.2) is 11.6 Å². The van der Waals surface area contributed by atoms with Crippen LogP contribution in [-0.4, -0.2) is 37.1 Å². The van der Waals surface area contributed by atoms with Crippen LogP contribution in [0.3, 0.4) is 0 Å². The van der Waals surface area contributed by atoms with Crippen molar-refractivity contribution in [2.45, 2.75) is 18.9 Å². The van der Waals surface area contributed by atoms with Gasteiger partial charge in [0.15, 0.2) is 0 Å². The van der Waals surface area contributed by atoms with Gasteiger partial charge in [-0.3, -0.25) is 4.79 Å². The van der Waals surface area contributed by atoms with Crippen molar-refractivity contribution in [1.29, 1.82) is 0 Å². The van der Waals surface area contributed by atoms with Gasteiger partial charge in [-0.25, -0.2) is 0 Å². The third kappa shape index (κ3) is 2.71. The summed E-state index contributed by atoms with van der Waals surface area (Å²) in [5, 5.41) is 0.0934. The van der Waals surface area contributed by atoms with E-state index in [9.17, 15) is 4.79 Å². The number of carbonyl (C=O) groups is 1. The molecule has 0 saturated carbocycles. The molecule has 1 aliphatic heterocycles. The highest BCUT2D eigenvalue weighted by Crippen LogP contribution is 2.15. The van der Waals surface area contributed by atoms with Gasteiger partial charge in [0.2, 0.25) is 0 Å². The molecule has 0 radical (unpaired) electrons. The van der Waals surface area contributed by atoms with E-state index in [0.29, 0.717) is 13.1 Å². The molecule has 1 rings (SSSR count). The van der Waals surface area contributed by atoms with Crippen molar-refractivity contribution in [2.24, 2.45) is 0 Å². The van der Waals surface area contributed by atoms with Crippen molar-refractivity contribution in [1.82, 2.24) is 4.90 Å². The Bertz CT molecular complexity index is 210. The second-order valence-corrected chi connectivity index (χ2v) is 3.59. The second-order valence-electron chi connectivity index (χ2n) is 3.13. The largest absolute Gasteiger partial charge is 0.381 e. The van der Waals surface area contributed by atoms with Crippen LogP contribution in [0.25, 0.3) is 0 Å². The Labute approximate surface area is 83.3 Å². The van der Waals surface area contributed by atoms with E-state index in [1.807, 2.05) is 0 Å². The van der Waals surface area contributed by atoms with Gasteiger partial charge in [0.05, 0.1) is 11.1 Å². The molecule has 0 aromatic rings. The van der Waals surface area contributed by atoms with Gasteiger partial charge in [-0.1, -0.05) is 18.2 Å². The Balaban J connectivity index is 2.41. The highest BCUT2D eigenvalue weighted by Gasteiger charge is 2.22. The van der Waals surface area contributed by atoms with Gasteiger partial charge in [0, 0.05) is 20.2 Å². The molecule has 0 aromatic heterocycles. The molecule has 0 unspecified atom stereocenters. The summed E-state index contributed by atoms with van der Waals surface area (Å²) in [5.41, 5.74) is 0. The number of ether oxygens (including phenoxy) is 1. The molecule has 0 bridgehead atoms. The second kappa shape index (κ2) is 4.63. The van der Waals surface area contributed by atoms with Gasteiger partial charge in [-0.15, -0.1) is 0 Å². The molecule has 4 heteroatoms. The van der Waals surface area contributed by atoms with E-state index in [-0.39, 0.29) is 17.0 Å². The molecule has 3 nitrogen and oxygen atoms in total. The lowest BCUT2D eigenvalue weighted by Gasteiger charge is -2.30. The minimum Gasteiger partial charge on any atom is -0.381 e. The fourth-order valence-electron chi connectivity index (χ4n) is 1.47. The smallest absolute Gasteiger partial charge is 0.264 e. The maximum absolute atomic E-state index is 11.3. The fourth-order valence-corrected chi connectivity index (χ4v) is 1.59. The number of halogens is 1. The number of piperidine rings is 1. The third-order valence-electron chi connectivity index (χ3n) is 2.29. The normalized spacial score (nSPS) is 18.8. The van der Waals surface area contributed by atoms with E-state index in [1.165, 1.54) is 0 Å². The van der Waals surface area contributed by atoms with Crippen LogP contribution < -0.4 is 0 Å². The molecular formula is C9H14ClNO2. The SMILES string of the molecule is C=C(Cl)C(=O)N1CCC(OC)CC1. The van der Waals surface area contributed by atoms with E-state index in [4.69, 9.17) is 16.3 Å². The Morgan fingerprint density at radius 2 is 2.08 bits per heavy atom. The zero-order chi connectivity index (χ0) is 9.84. The predicted octanol–water partition coefficient (Wildman–Crippen LogP) is 1.38. The van der Waals surface area contributed by atoms with Crippen LogP contribution in [0.4, 0.5) is 0 Å². The number of methoxy groups -OCH3 is 1. The number of likely N-dealkylation sites (tertiary alicyclic amines) is 1. The summed E-state index contributed by atoms with van der Waals surface area (Å²) in [6.45, 7) is 4.84. The quantitative estimate of drug-likeness (QED) is 0.635. The molecule has 13 heavy (non-hydrogen) atoms. The molecule has 1 aliphatic rings. The third-order valence-corrected chi connectivity index (χ3v) is 2.46. The highest BCUT2D eigenvalue weighted by molar-refractivity contribution is 6.41. The molecule has 1 fully saturated rings. The first-order valence-electron chi connectivity index (χ1n) is 4.31. The Kier molecular flexibility index (Phi) is 3.75. The Morgan fingerprint density at radius 3 is 2.46 bits per heavy atom. The van der Waals surface area contributed by atoms with E-state index >= 15 is 0 Å². The lowest BCUT2D eigenvalue weighted by molar-refractivity contribution is -0.128. The first-order valence-corrected chi connectivity index (χ1v) is 4.69. The van der Waals surface area contributed by atoms with Gasteiger partial charge >= 0.3 is 0 Å². The lowest BCUT2D eigenvalue weighted by atomic mass is 10.1. The van der Waals surface area contributed by atoms with Crippen molar-refractivity contribution >= 4 is 17.5 Å². The van der Waals surface area contributed by atoms with Crippen molar-refractivity contribution < 1.29 is 9.53 Å². The van der Waals surface area contributed by atoms with Gasteiger partial charge in [-0.05, 0) is 12.8 Å². The Hall–Kier alpha value is -0.540. The summed E-state index contributed by atoms with van der Waals surface area (Å²) in [5.74, 6) is -0.156. The van der Waals surface area contributed by atoms with E-state index in [0.717, 1.165) is 12.8 Å². The molecule has 0 spiro atoms. The van der Waals surface area contributed by atoms with Crippen molar-refractivity contribution in [2.75, 3.05) is 20.2 Å². The maximum atomic E-state index is 11.3. The fraction of sp³-hybridized carbons (Fsp3) is 0.667. The number of hydrogen-bond acceptors (Lipinski definition) is 2. The Morgan fingerprint density at radius 1 is 1.54 bits per heavy atom. The summed E-state index contributed by atoms with van der Waals surface area (Å²) in [6.07, 6.45) is 2.05. The minimum atomic E-state index is -0.156. The molecule has 1 amide bonds. The van der Waals surface area contributed by atoms with E-state index < -0.39 is 0 Å². The average Bonchev–Trinajstić information content (AvgIpc) is 2.17. The van der Waals surface area contributed by atoms with Gasteiger partial charge in [0.1, 0.15) is 0 Å². The van der Waals surface area contributed by atoms with Crippen molar-refractivity contribution in [3.05, 3.63) is 11.6 Å². The number of amides is 1. The van der Waals surface area contributed by atoms with E-state index in [1.54, 1.807) is 12.0 Å². The maximum Gasteiger partial charge on any atom is 0.264 e. The van der Waals surface area contributed by atoms with Crippen molar-refractivity contribution in [3.63, 3.8) is 0 Å². The average molecular weight is 204 g/mol. The molecule has 74 valence electrons. The zero-order valence-corrected chi connectivity index (χ0v) is 8.51. The van der Waals surface area contributed by atoms with Crippen molar-refractivity contribution in [3.8, 4) is 0 Å². The van der Waals surface area contributed by atoms with Gasteiger partial charge in [0.25, 0.3) is 5.91 Å². The summed E-state index contributed by atoms with van der Waals surface area (Å²) in [7, 11) is 1.70. The summed E-state index contributed by atoms with van der Waals surface area (Å²) in [4.78, 5) is 13.1. The summed E-state index contributed by atoms with van der Waals surface area (Å²) >= 11 is 5.51. The summed E-state index contributed by atoms with van der Waals surface area (Å²) < 4.78 is 5.19. The topological polar surface area (TPSA) is 29.5 Å².